The molecule has 0 aromatic rings. The number of hydrogen-bond acceptors (Lipinski definition) is 15. The average Bonchev–Trinajstić information content (AvgIpc) is 1.10. The zero-order chi connectivity index (χ0) is 69.3. The maximum atomic E-state index is 13.1. The summed E-state index contributed by atoms with van der Waals surface area (Å²) in [6, 6.07) is 0. The number of allylic oxidation sites excluding steroid dienone is 4. The fraction of sp³-hybridized carbons (Fsp3) is 0.893. The summed E-state index contributed by atoms with van der Waals surface area (Å²) in [5, 5.41) is 10.6. The first-order chi connectivity index (χ1) is 45.4. The molecule has 2 unspecified atom stereocenters. The van der Waals surface area contributed by atoms with E-state index in [9.17, 15) is 43.2 Å². The molecule has 0 amide bonds. The van der Waals surface area contributed by atoms with Gasteiger partial charge in [-0.15, -0.1) is 0 Å². The summed E-state index contributed by atoms with van der Waals surface area (Å²) in [5.41, 5.74) is 0. The van der Waals surface area contributed by atoms with Crippen LogP contribution in [0.4, 0.5) is 0 Å². The van der Waals surface area contributed by atoms with Crippen molar-refractivity contribution in [2.75, 3.05) is 39.6 Å². The Hall–Kier alpha value is -2.46. The smallest absolute Gasteiger partial charge is 0.462 e. The number of phosphoric ester groups is 2. The highest BCUT2D eigenvalue weighted by Crippen LogP contribution is 2.45. The monoisotopic (exact) mass is 1380 g/mol. The molecular weight excluding hydrogens is 1230 g/mol. The van der Waals surface area contributed by atoms with E-state index in [2.05, 4.69) is 65.8 Å². The number of hydrogen-bond donors (Lipinski definition) is 3. The second kappa shape index (κ2) is 66.4. The Balaban J connectivity index is 5.23. The van der Waals surface area contributed by atoms with E-state index in [1.54, 1.807) is 0 Å². The van der Waals surface area contributed by atoms with Crippen LogP contribution in [0.15, 0.2) is 24.3 Å². The molecule has 0 saturated carbocycles. The lowest BCUT2D eigenvalue weighted by molar-refractivity contribution is -0.161. The van der Waals surface area contributed by atoms with Gasteiger partial charge < -0.3 is 33.8 Å². The number of carbonyl (C=O) groups is 4. The van der Waals surface area contributed by atoms with Crippen molar-refractivity contribution in [1.82, 2.24) is 0 Å². The van der Waals surface area contributed by atoms with Crippen molar-refractivity contribution in [2.24, 2.45) is 11.8 Å². The zero-order valence-electron chi connectivity index (χ0n) is 60.7. The van der Waals surface area contributed by atoms with Crippen molar-refractivity contribution >= 4 is 39.5 Å². The Kier molecular flexibility index (Phi) is 64.7. The summed E-state index contributed by atoms with van der Waals surface area (Å²) in [6.07, 6.45) is 56.4. The molecule has 0 aromatic heterocycles. The number of ether oxygens (including phenoxy) is 4. The van der Waals surface area contributed by atoms with Crippen LogP contribution in [0.3, 0.4) is 0 Å². The van der Waals surface area contributed by atoms with E-state index in [0.29, 0.717) is 25.7 Å². The van der Waals surface area contributed by atoms with Gasteiger partial charge in [-0.05, 0) is 63.2 Å². The van der Waals surface area contributed by atoms with E-state index < -0.39 is 97.5 Å². The van der Waals surface area contributed by atoms with Gasteiger partial charge in [0, 0.05) is 25.7 Å². The molecule has 19 heteroatoms. The first-order valence-corrected chi connectivity index (χ1v) is 41.3. The van der Waals surface area contributed by atoms with Crippen LogP contribution >= 0.6 is 15.6 Å². The molecule has 0 aliphatic carbocycles. The quantitative estimate of drug-likeness (QED) is 0.0169. The van der Waals surface area contributed by atoms with Crippen LogP contribution < -0.4 is 0 Å². The summed E-state index contributed by atoms with van der Waals surface area (Å²) < 4.78 is 68.3. The van der Waals surface area contributed by atoms with Gasteiger partial charge in [0.15, 0.2) is 12.2 Å². The maximum Gasteiger partial charge on any atom is 0.472 e. The SMILES string of the molecule is CCCCCC/C=C\C=C/CCCCCCCC(=O)O[C@H](COC(=O)CCCCCCCCC)COP(=O)(O)OC[C@H](O)COP(=O)(O)OC[C@@H](COC(=O)CCCCCCCCCCCCCCCC(C)C)OC(=O)CCCCCCCCCCCCCCCC(C)C. The normalized spacial score (nSPS) is 14.2. The Labute approximate surface area is 573 Å². The molecule has 0 saturated heterocycles. The van der Waals surface area contributed by atoms with Crippen LogP contribution in [0.25, 0.3) is 0 Å². The van der Waals surface area contributed by atoms with Crippen LogP contribution in [0.5, 0.6) is 0 Å². The minimum absolute atomic E-state index is 0.0846. The van der Waals surface area contributed by atoms with Gasteiger partial charge in [0.2, 0.25) is 0 Å². The fourth-order valence-corrected chi connectivity index (χ4v) is 12.5. The number of carbonyl (C=O) groups excluding carboxylic acids is 4. The van der Waals surface area contributed by atoms with Crippen molar-refractivity contribution in [3.63, 3.8) is 0 Å². The molecule has 5 atom stereocenters. The summed E-state index contributed by atoms with van der Waals surface area (Å²) in [4.78, 5) is 72.6. The molecule has 0 bridgehead atoms. The lowest BCUT2D eigenvalue weighted by atomic mass is 10.0. The summed E-state index contributed by atoms with van der Waals surface area (Å²) in [5.74, 6) is -0.577. The van der Waals surface area contributed by atoms with Gasteiger partial charge in [0.25, 0.3) is 0 Å². The van der Waals surface area contributed by atoms with Crippen molar-refractivity contribution in [3.8, 4) is 0 Å². The standard InChI is InChI=1S/C75H142O17P2/c1-7-9-11-13-15-16-17-18-19-24-30-35-41-47-53-59-74(79)91-70(63-85-72(77)57-51-45-37-14-12-10-8-2)65-89-93(81,82)87-61-69(76)62-88-94(83,84)90-66-71(92-75(80)60-54-48-42-36-31-26-21-23-28-33-39-44-50-56-68(5)6)64-86-73(78)58-52-46-40-34-29-25-20-22-27-32-38-43-49-55-67(3)4/h16-19,67-71,76H,7-15,20-66H2,1-6H3,(H,81,82)(H,83,84)/b17-16-,19-18-/t69-,70+,71+/m0/s1. The van der Waals surface area contributed by atoms with Crippen LogP contribution in [0.2, 0.25) is 0 Å². The Morgan fingerprint density at radius 3 is 0.872 bits per heavy atom. The molecule has 3 N–H and O–H groups in total. The van der Waals surface area contributed by atoms with E-state index in [1.165, 1.54) is 154 Å². The van der Waals surface area contributed by atoms with E-state index in [1.807, 2.05) is 0 Å². The third-order valence-electron chi connectivity index (χ3n) is 16.8. The van der Waals surface area contributed by atoms with E-state index in [0.717, 1.165) is 127 Å². The molecule has 0 heterocycles. The largest absolute Gasteiger partial charge is 0.472 e. The number of unbranched alkanes of at least 4 members (excludes halogenated alkanes) is 39. The first kappa shape index (κ1) is 91.5. The average molecular weight is 1380 g/mol. The fourth-order valence-electron chi connectivity index (χ4n) is 10.9. The summed E-state index contributed by atoms with van der Waals surface area (Å²) >= 11 is 0. The molecule has 554 valence electrons. The highest BCUT2D eigenvalue weighted by atomic mass is 31.2. The van der Waals surface area contributed by atoms with Crippen LogP contribution in [0.1, 0.15) is 363 Å². The number of aliphatic hydroxyl groups is 1. The Morgan fingerprint density at radius 1 is 0.330 bits per heavy atom. The molecule has 0 aliphatic rings. The summed E-state index contributed by atoms with van der Waals surface area (Å²) in [6.45, 7) is 9.51. The molecule has 17 nitrogen and oxygen atoms in total. The topological polar surface area (TPSA) is 237 Å². The predicted molar refractivity (Wildman–Crippen MR) is 381 cm³/mol. The number of aliphatic hydroxyl groups excluding tert-OH is 1. The molecule has 0 aliphatic heterocycles. The van der Waals surface area contributed by atoms with Gasteiger partial charge in [-0.3, -0.25) is 37.3 Å². The molecule has 0 radical (unpaired) electrons. The third-order valence-corrected chi connectivity index (χ3v) is 18.7. The van der Waals surface area contributed by atoms with E-state index in [-0.39, 0.29) is 25.7 Å². The zero-order valence-corrected chi connectivity index (χ0v) is 62.5. The molecular formula is C75H142O17P2. The van der Waals surface area contributed by atoms with E-state index in [4.69, 9.17) is 37.0 Å². The molecule has 0 rings (SSSR count). The van der Waals surface area contributed by atoms with Crippen molar-refractivity contribution in [1.29, 1.82) is 0 Å². The molecule has 0 fully saturated rings. The van der Waals surface area contributed by atoms with Crippen LogP contribution in [-0.2, 0) is 65.4 Å². The second-order valence-corrected chi connectivity index (χ2v) is 30.2. The lowest BCUT2D eigenvalue weighted by Gasteiger charge is -2.21. The molecule has 0 spiro atoms. The highest BCUT2D eigenvalue weighted by molar-refractivity contribution is 7.47. The molecule has 94 heavy (non-hydrogen) atoms. The number of phosphoric acid groups is 2. The lowest BCUT2D eigenvalue weighted by Crippen LogP contribution is -2.30. The Bertz CT molecular complexity index is 1910. The molecule has 0 aromatic carbocycles. The maximum absolute atomic E-state index is 13.1. The minimum Gasteiger partial charge on any atom is -0.462 e. The predicted octanol–water partition coefficient (Wildman–Crippen LogP) is 21.5. The van der Waals surface area contributed by atoms with Crippen LogP contribution in [0, 0.1) is 11.8 Å². The van der Waals surface area contributed by atoms with E-state index >= 15 is 0 Å². The van der Waals surface area contributed by atoms with Crippen molar-refractivity contribution < 1.29 is 80.2 Å². The van der Waals surface area contributed by atoms with Gasteiger partial charge >= 0.3 is 39.5 Å². The van der Waals surface area contributed by atoms with Gasteiger partial charge in [-0.2, -0.15) is 0 Å². The van der Waals surface area contributed by atoms with Gasteiger partial charge in [-0.1, -0.05) is 310 Å². The van der Waals surface area contributed by atoms with Gasteiger partial charge in [0.1, 0.15) is 19.3 Å². The van der Waals surface area contributed by atoms with Gasteiger partial charge in [0.05, 0.1) is 26.4 Å². The third kappa shape index (κ3) is 68.1. The van der Waals surface area contributed by atoms with Gasteiger partial charge in [-0.25, -0.2) is 9.13 Å². The first-order valence-electron chi connectivity index (χ1n) is 38.3. The number of rotatable bonds is 72. The minimum atomic E-state index is -4.96. The number of esters is 4. The second-order valence-electron chi connectivity index (χ2n) is 27.3. The van der Waals surface area contributed by atoms with Crippen molar-refractivity contribution in [3.05, 3.63) is 24.3 Å². The van der Waals surface area contributed by atoms with Crippen LogP contribution in [-0.4, -0.2) is 96.7 Å². The highest BCUT2D eigenvalue weighted by Gasteiger charge is 2.30. The Morgan fingerprint density at radius 2 is 0.574 bits per heavy atom. The van der Waals surface area contributed by atoms with Crippen molar-refractivity contribution in [2.45, 2.75) is 381 Å². The summed E-state index contributed by atoms with van der Waals surface area (Å²) in [7, 11) is -9.92.